The highest BCUT2D eigenvalue weighted by Crippen LogP contribution is 1.93. The molecule has 1 fully saturated rings. The summed E-state index contributed by atoms with van der Waals surface area (Å²) in [5.41, 5.74) is 0. The van der Waals surface area contributed by atoms with Crippen molar-refractivity contribution in [2.45, 2.75) is 0 Å². The second-order valence-electron chi connectivity index (χ2n) is 2.16. The molecule has 0 spiro atoms. The minimum Gasteiger partial charge on any atom is -0.854 e. The molecule has 1 aliphatic rings. The third kappa shape index (κ3) is 2.30. The van der Waals surface area contributed by atoms with E-state index in [-0.39, 0.29) is 6.61 Å². The van der Waals surface area contributed by atoms with E-state index in [0.717, 1.165) is 26.3 Å². The fourth-order valence-electron chi connectivity index (χ4n) is 0.954. The van der Waals surface area contributed by atoms with Crippen molar-refractivity contribution < 1.29 is 9.84 Å². The molecule has 0 aromatic carbocycles. The molecular weight excluding hydrogens is 118 g/mol. The number of ether oxygens (including phenoxy) is 1. The van der Waals surface area contributed by atoms with Crippen molar-refractivity contribution in [3.05, 3.63) is 0 Å². The van der Waals surface area contributed by atoms with Gasteiger partial charge in [-0.1, -0.05) is 0 Å². The van der Waals surface area contributed by atoms with Crippen LogP contribution in [0.2, 0.25) is 0 Å². The Morgan fingerprint density at radius 1 is 1.33 bits per heavy atom. The lowest BCUT2D eigenvalue weighted by molar-refractivity contribution is -0.369. The zero-order chi connectivity index (χ0) is 6.53. The Morgan fingerprint density at radius 2 is 2.00 bits per heavy atom. The standard InChI is InChI=1S/C6H12NO2/c8-4-1-7-2-5-9-6-3-7/h1-6H2/q-1. The molecule has 9 heavy (non-hydrogen) atoms. The van der Waals surface area contributed by atoms with E-state index in [1.807, 2.05) is 0 Å². The number of morpholine rings is 1. The van der Waals surface area contributed by atoms with Crippen LogP contribution in [0.4, 0.5) is 0 Å². The van der Waals surface area contributed by atoms with Crippen molar-refractivity contribution in [2.24, 2.45) is 0 Å². The van der Waals surface area contributed by atoms with E-state index in [1.54, 1.807) is 0 Å². The van der Waals surface area contributed by atoms with Crippen molar-refractivity contribution in [1.82, 2.24) is 4.90 Å². The van der Waals surface area contributed by atoms with Crippen LogP contribution in [0.15, 0.2) is 0 Å². The lowest BCUT2D eigenvalue weighted by atomic mass is 10.4. The lowest BCUT2D eigenvalue weighted by Gasteiger charge is -2.27. The third-order valence-electron chi connectivity index (χ3n) is 1.51. The maximum Gasteiger partial charge on any atom is 0.0594 e. The van der Waals surface area contributed by atoms with Gasteiger partial charge in [-0.05, 0) is 6.54 Å². The summed E-state index contributed by atoms with van der Waals surface area (Å²) >= 11 is 0. The van der Waals surface area contributed by atoms with Gasteiger partial charge >= 0.3 is 0 Å². The van der Waals surface area contributed by atoms with Gasteiger partial charge in [0.05, 0.1) is 13.2 Å². The molecule has 3 nitrogen and oxygen atoms in total. The monoisotopic (exact) mass is 130 g/mol. The Morgan fingerprint density at radius 3 is 2.56 bits per heavy atom. The summed E-state index contributed by atoms with van der Waals surface area (Å²) < 4.78 is 5.10. The fraction of sp³-hybridized carbons (Fsp3) is 1.00. The van der Waals surface area contributed by atoms with Gasteiger partial charge in [0.1, 0.15) is 0 Å². The topological polar surface area (TPSA) is 35.5 Å². The maximum atomic E-state index is 10.1. The average molecular weight is 130 g/mol. The highest BCUT2D eigenvalue weighted by atomic mass is 16.5. The smallest absolute Gasteiger partial charge is 0.0594 e. The molecule has 0 radical (unpaired) electrons. The zero-order valence-electron chi connectivity index (χ0n) is 5.51. The average Bonchev–Trinajstić information content (AvgIpc) is 1.91. The van der Waals surface area contributed by atoms with Gasteiger partial charge in [0, 0.05) is 13.1 Å². The van der Waals surface area contributed by atoms with Crippen LogP contribution in [0.1, 0.15) is 0 Å². The molecule has 0 aliphatic carbocycles. The molecule has 0 atom stereocenters. The quantitative estimate of drug-likeness (QED) is 0.465. The van der Waals surface area contributed by atoms with Crippen LogP contribution in [0.5, 0.6) is 0 Å². The second-order valence-corrected chi connectivity index (χ2v) is 2.16. The molecule has 0 aromatic heterocycles. The largest absolute Gasteiger partial charge is 0.854 e. The van der Waals surface area contributed by atoms with E-state index in [1.165, 1.54) is 0 Å². The van der Waals surface area contributed by atoms with E-state index in [2.05, 4.69) is 4.90 Å². The van der Waals surface area contributed by atoms with E-state index in [9.17, 15) is 5.11 Å². The molecule has 1 heterocycles. The van der Waals surface area contributed by atoms with Gasteiger partial charge in [0.25, 0.3) is 0 Å². The van der Waals surface area contributed by atoms with Crippen molar-refractivity contribution in [3.63, 3.8) is 0 Å². The Balaban J connectivity index is 2.08. The van der Waals surface area contributed by atoms with Crippen LogP contribution in [0.25, 0.3) is 0 Å². The molecule has 3 heteroatoms. The van der Waals surface area contributed by atoms with Crippen LogP contribution in [-0.4, -0.2) is 44.4 Å². The predicted molar refractivity (Wildman–Crippen MR) is 32.1 cm³/mol. The molecule has 54 valence electrons. The molecular formula is C6H12NO2-. The first-order chi connectivity index (χ1) is 4.43. The molecule has 1 rings (SSSR count). The summed E-state index contributed by atoms with van der Waals surface area (Å²) in [5.74, 6) is 0. The second kappa shape index (κ2) is 3.82. The first kappa shape index (κ1) is 6.99. The zero-order valence-corrected chi connectivity index (χ0v) is 5.51. The fourth-order valence-corrected chi connectivity index (χ4v) is 0.954. The van der Waals surface area contributed by atoms with E-state index in [4.69, 9.17) is 4.74 Å². The number of rotatable bonds is 2. The summed E-state index contributed by atoms with van der Waals surface area (Å²) in [6, 6.07) is 0. The highest BCUT2D eigenvalue weighted by Gasteiger charge is 2.06. The molecule has 1 aliphatic heterocycles. The minimum atomic E-state index is 0.0139. The van der Waals surface area contributed by atoms with Gasteiger partial charge in [-0.25, -0.2) is 0 Å². The molecule has 0 N–H and O–H groups in total. The van der Waals surface area contributed by atoms with Gasteiger partial charge in [-0.3, -0.25) is 0 Å². The Hall–Kier alpha value is -0.120. The van der Waals surface area contributed by atoms with Crippen molar-refractivity contribution >= 4 is 0 Å². The van der Waals surface area contributed by atoms with Gasteiger partial charge in [0.2, 0.25) is 0 Å². The van der Waals surface area contributed by atoms with Crippen molar-refractivity contribution in [3.8, 4) is 0 Å². The molecule has 0 bridgehead atoms. The number of hydrogen-bond acceptors (Lipinski definition) is 3. The summed E-state index contributed by atoms with van der Waals surface area (Å²) in [5, 5.41) is 10.1. The lowest BCUT2D eigenvalue weighted by Crippen LogP contribution is -2.39. The van der Waals surface area contributed by atoms with Crippen LogP contribution in [-0.2, 0) is 4.74 Å². The van der Waals surface area contributed by atoms with Crippen LogP contribution >= 0.6 is 0 Å². The Kier molecular flexibility index (Phi) is 2.97. The van der Waals surface area contributed by atoms with Gasteiger partial charge in [0.15, 0.2) is 0 Å². The SMILES string of the molecule is [O-]CCN1CCOCC1. The Bertz CT molecular complexity index is 68.7. The summed E-state index contributed by atoms with van der Waals surface area (Å²) in [6.45, 7) is 4.15. The first-order valence-corrected chi connectivity index (χ1v) is 3.31. The normalized spacial score (nSPS) is 22.3. The van der Waals surface area contributed by atoms with Crippen molar-refractivity contribution in [1.29, 1.82) is 0 Å². The first-order valence-electron chi connectivity index (χ1n) is 3.31. The summed E-state index contributed by atoms with van der Waals surface area (Å²) in [6.07, 6.45) is 0. The predicted octanol–water partition coefficient (Wildman–Crippen LogP) is -1.32. The van der Waals surface area contributed by atoms with Gasteiger partial charge < -0.3 is 14.7 Å². The molecule has 0 saturated carbocycles. The van der Waals surface area contributed by atoms with Gasteiger partial charge in [-0.15, -0.1) is 6.61 Å². The van der Waals surface area contributed by atoms with E-state index >= 15 is 0 Å². The molecule has 0 unspecified atom stereocenters. The Labute approximate surface area is 55.2 Å². The van der Waals surface area contributed by atoms with Crippen LogP contribution in [0.3, 0.4) is 0 Å². The van der Waals surface area contributed by atoms with E-state index < -0.39 is 0 Å². The molecule has 1 saturated heterocycles. The number of nitrogens with zero attached hydrogens (tertiary/aromatic N) is 1. The van der Waals surface area contributed by atoms with Crippen LogP contribution in [0, 0.1) is 0 Å². The molecule has 0 amide bonds. The number of hydrogen-bond donors (Lipinski definition) is 0. The van der Waals surface area contributed by atoms with Gasteiger partial charge in [-0.2, -0.15) is 0 Å². The summed E-state index contributed by atoms with van der Waals surface area (Å²) in [7, 11) is 0. The van der Waals surface area contributed by atoms with E-state index in [0.29, 0.717) is 6.54 Å². The highest BCUT2D eigenvalue weighted by molar-refractivity contribution is 4.59. The third-order valence-corrected chi connectivity index (χ3v) is 1.51. The minimum absolute atomic E-state index is 0.0139. The molecule has 0 aromatic rings. The van der Waals surface area contributed by atoms with Crippen molar-refractivity contribution in [2.75, 3.05) is 39.5 Å². The maximum absolute atomic E-state index is 10.1. The van der Waals surface area contributed by atoms with Crippen LogP contribution < -0.4 is 5.11 Å². The summed E-state index contributed by atoms with van der Waals surface area (Å²) in [4.78, 5) is 2.14.